The van der Waals surface area contributed by atoms with Gasteiger partial charge in [0.05, 0.1) is 25.7 Å². The molecule has 0 aliphatic carbocycles. The van der Waals surface area contributed by atoms with E-state index in [1.807, 2.05) is 38.1 Å². The van der Waals surface area contributed by atoms with Crippen LogP contribution in [0.5, 0.6) is 11.5 Å². The van der Waals surface area contributed by atoms with Crippen LogP contribution in [0.3, 0.4) is 0 Å². The molecule has 0 spiro atoms. The molecule has 9 nitrogen and oxygen atoms in total. The lowest BCUT2D eigenvalue weighted by molar-refractivity contribution is -0.141. The number of anilines is 1. The highest BCUT2D eigenvalue weighted by atomic mass is 32.2. The van der Waals surface area contributed by atoms with Crippen LogP contribution in [0.15, 0.2) is 48.5 Å². The van der Waals surface area contributed by atoms with Crippen molar-refractivity contribution in [3.8, 4) is 11.5 Å². The fourth-order valence-electron chi connectivity index (χ4n) is 4.28. The van der Waals surface area contributed by atoms with E-state index in [2.05, 4.69) is 12.2 Å². The number of sulfonamides is 1. The van der Waals surface area contributed by atoms with Crippen LogP contribution in [0.1, 0.15) is 58.4 Å². The lowest BCUT2D eigenvalue weighted by Crippen LogP contribution is -2.49. The van der Waals surface area contributed by atoms with Crippen molar-refractivity contribution in [2.45, 2.75) is 65.5 Å². The van der Waals surface area contributed by atoms with Crippen molar-refractivity contribution in [2.24, 2.45) is 0 Å². The Kier molecular flexibility index (Phi) is 13.1. The molecule has 0 aromatic heterocycles. The van der Waals surface area contributed by atoms with Gasteiger partial charge in [-0.25, -0.2) is 8.42 Å². The molecule has 0 bridgehead atoms. The summed E-state index contributed by atoms with van der Waals surface area (Å²) in [5, 5.41) is 2.95. The van der Waals surface area contributed by atoms with Gasteiger partial charge in [-0.2, -0.15) is 0 Å². The fourth-order valence-corrected chi connectivity index (χ4v) is 5.25. The van der Waals surface area contributed by atoms with Gasteiger partial charge in [0.2, 0.25) is 21.8 Å². The van der Waals surface area contributed by atoms with Crippen molar-refractivity contribution in [2.75, 3.05) is 37.4 Å². The summed E-state index contributed by atoms with van der Waals surface area (Å²) < 4.78 is 37.5. The molecule has 0 radical (unpaired) electrons. The second kappa shape index (κ2) is 16.0. The molecule has 10 heteroatoms. The number of carbonyl (C=O) groups is 2. The molecule has 0 unspecified atom stereocenters. The van der Waals surface area contributed by atoms with E-state index in [1.54, 1.807) is 36.3 Å². The first-order valence-corrected chi connectivity index (χ1v) is 15.4. The van der Waals surface area contributed by atoms with Crippen LogP contribution in [0.2, 0.25) is 0 Å². The molecule has 0 fully saturated rings. The number of benzene rings is 2. The number of amides is 2. The largest absolute Gasteiger partial charge is 0.497 e. The lowest BCUT2D eigenvalue weighted by Gasteiger charge is -2.31. The Balaban J connectivity index is 2.23. The van der Waals surface area contributed by atoms with Crippen molar-refractivity contribution in [1.29, 1.82) is 0 Å². The topological polar surface area (TPSA) is 105 Å². The molecule has 39 heavy (non-hydrogen) atoms. The summed E-state index contributed by atoms with van der Waals surface area (Å²) in [6, 6.07) is 13.7. The number of nitrogens with one attached hydrogen (secondary N) is 1. The highest BCUT2D eigenvalue weighted by molar-refractivity contribution is 7.92. The molecule has 0 aliphatic rings. The summed E-state index contributed by atoms with van der Waals surface area (Å²) in [6.45, 7) is 7.07. The molecular formula is C29H43N3O6S. The SMILES string of the molecule is CCCCNC(=O)[C@@H](CC)N(Cc1ccc(OC)cc1)C(=O)CCCN(c1ccccc1OCC)S(C)(=O)=O. The zero-order chi connectivity index (χ0) is 28.8. The maximum Gasteiger partial charge on any atom is 0.242 e. The van der Waals surface area contributed by atoms with Gasteiger partial charge in [-0.3, -0.25) is 13.9 Å². The number of hydrogen-bond acceptors (Lipinski definition) is 6. The van der Waals surface area contributed by atoms with E-state index in [-0.39, 0.29) is 37.7 Å². The van der Waals surface area contributed by atoms with E-state index in [4.69, 9.17) is 9.47 Å². The molecule has 0 saturated carbocycles. The average Bonchev–Trinajstić information content (AvgIpc) is 2.91. The van der Waals surface area contributed by atoms with Crippen LogP contribution >= 0.6 is 0 Å². The molecule has 0 heterocycles. The Morgan fingerprint density at radius 2 is 1.69 bits per heavy atom. The zero-order valence-electron chi connectivity index (χ0n) is 23.8. The number of methoxy groups -OCH3 is 1. The number of hydrogen-bond donors (Lipinski definition) is 1. The molecular weight excluding hydrogens is 518 g/mol. The van der Waals surface area contributed by atoms with Crippen molar-refractivity contribution < 1.29 is 27.5 Å². The van der Waals surface area contributed by atoms with Gasteiger partial charge in [0.1, 0.15) is 17.5 Å². The zero-order valence-corrected chi connectivity index (χ0v) is 24.6. The lowest BCUT2D eigenvalue weighted by atomic mass is 10.1. The summed E-state index contributed by atoms with van der Waals surface area (Å²) in [5.41, 5.74) is 1.30. The minimum Gasteiger partial charge on any atom is -0.497 e. The van der Waals surface area contributed by atoms with E-state index in [1.165, 1.54) is 4.31 Å². The number of nitrogens with zero attached hydrogens (tertiary/aromatic N) is 2. The number of carbonyl (C=O) groups excluding carboxylic acids is 2. The number of para-hydroxylation sites is 2. The monoisotopic (exact) mass is 561 g/mol. The molecule has 2 amide bonds. The van der Waals surface area contributed by atoms with Crippen LogP contribution in [0, 0.1) is 0 Å². The molecule has 1 atom stereocenters. The summed E-state index contributed by atoms with van der Waals surface area (Å²) in [6.07, 6.45) is 3.77. The Morgan fingerprint density at radius 3 is 2.28 bits per heavy atom. The van der Waals surface area contributed by atoms with Gasteiger partial charge in [-0.15, -0.1) is 0 Å². The molecule has 216 valence electrons. The van der Waals surface area contributed by atoms with E-state index in [0.29, 0.717) is 36.8 Å². The van der Waals surface area contributed by atoms with Crippen molar-refractivity contribution in [1.82, 2.24) is 10.2 Å². The molecule has 0 aliphatic heterocycles. The molecule has 2 aromatic carbocycles. The quantitative estimate of drug-likeness (QED) is 0.288. The standard InChI is InChI=1S/C29H43N3O6S/c1-6-9-20-30-29(34)25(7-2)31(22-23-16-18-24(37-4)19-17-23)28(33)15-12-21-32(39(5,35)36)26-13-10-11-14-27(26)38-8-3/h10-11,13-14,16-19,25H,6-9,12,15,20-22H2,1-5H3,(H,30,34)/t25-/m1/s1. The van der Waals surface area contributed by atoms with Gasteiger partial charge in [0.25, 0.3) is 0 Å². The second-order valence-corrected chi connectivity index (χ2v) is 11.2. The highest BCUT2D eigenvalue weighted by Crippen LogP contribution is 2.30. The number of rotatable bonds is 17. The van der Waals surface area contributed by atoms with Crippen LogP contribution in [0.25, 0.3) is 0 Å². The predicted octanol–water partition coefficient (Wildman–Crippen LogP) is 4.36. The van der Waals surface area contributed by atoms with Crippen molar-refractivity contribution in [3.05, 3.63) is 54.1 Å². The summed E-state index contributed by atoms with van der Waals surface area (Å²) in [5.74, 6) is 0.771. The average molecular weight is 562 g/mol. The van der Waals surface area contributed by atoms with Crippen molar-refractivity contribution >= 4 is 27.5 Å². The highest BCUT2D eigenvalue weighted by Gasteiger charge is 2.29. The minimum absolute atomic E-state index is 0.0811. The Hall–Kier alpha value is -3.27. The summed E-state index contributed by atoms with van der Waals surface area (Å²) in [7, 11) is -2.04. The summed E-state index contributed by atoms with van der Waals surface area (Å²) >= 11 is 0. The van der Waals surface area contributed by atoms with Gasteiger partial charge in [-0.05, 0) is 56.0 Å². The predicted molar refractivity (Wildman–Crippen MR) is 155 cm³/mol. The Labute approximate surface area is 233 Å². The van der Waals surface area contributed by atoms with Gasteiger partial charge in [-0.1, -0.05) is 44.5 Å². The minimum atomic E-state index is -3.63. The number of ether oxygens (including phenoxy) is 2. The second-order valence-electron chi connectivity index (χ2n) is 9.28. The molecule has 2 rings (SSSR count). The molecule has 2 aromatic rings. The molecule has 0 saturated heterocycles. The van der Waals surface area contributed by atoms with Gasteiger partial charge < -0.3 is 19.7 Å². The van der Waals surface area contributed by atoms with E-state index < -0.39 is 16.1 Å². The van der Waals surface area contributed by atoms with Crippen LogP contribution < -0.4 is 19.1 Å². The third-order valence-corrected chi connectivity index (χ3v) is 7.49. The summed E-state index contributed by atoms with van der Waals surface area (Å²) in [4.78, 5) is 28.2. The van der Waals surface area contributed by atoms with Gasteiger partial charge >= 0.3 is 0 Å². The maximum atomic E-state index is 13.6. The van der Waals surface area contributed by atoms with E-state index >= 15 is 0 Å². The van der Waals surface area contributed by atoms with Crippen LogP contribution in [-0.4, -0.2) is 64.2 Å². The fraction of sp³-hybridized carbons (Fsp3) is 0.517. The van der Waals surface area contributed by atoms with E-state index in [0.717, 1.165) is 24.7 Å². The Morgan fingerprint density at radius 1 is 1.00 bits per heavy atom. The normalized spacial score (nSPS) is 11.9. The Bertz CT molecular complexity index is 1150. The smallest absolute Gasteiger partial charge is 0.242 e. The first kappa shape index (κ1) is 31.9. The van der Waals surface area contributed by atoms with Crippen LogP contribution in [-0.2, 0) is 26.2 Å². The van der Waals surface area contributed by atoms with E-state index in [9.17, 15) is 18.0 Å². The third kappa shape index (κ3) is 9.76. The van der Waals surface area contributed by atoms with Gasteiger partial charge in [0, 0.05) is 26.1 Å². The first-order valence-electron chi connectivity index (χ1n) is 13.6. The van der Waals surface area contributed by atoms with Gasteiger partial charge in [0.15, 0.2) is 0 Å². The van der Waals surface area contributed by atoms with Crippen LogP contribution in [0.4, 0.5) is 5.69 Å². The maximum absolute atomic E-state index is 13.6. The third-order valence-electron chi connectivity index (χ3n) is 6.31. The van der Waals surface area contributed by atoms with Crippen molar-refractivity contribution in [3.63, 3.8) is 0 Å². The first-order chi connectivity index (χ1) is 18.7. The number of unbranched alkanes of at least 4 members (excludes halogenated alkanes) is 1. The molecule has 1 N–H and O–H groups in total.